The Labute approximate surface area is 169 Å². The summed E-state index contributed by atoms with van der Waals surface area (Å²) in [6, 6.07) is 14.1. The highest BCUT2D eigenvalue weighted by Crippen LogP contribution is 2.43. The van der Waals surface area contributed by atoms with Crippen LogP contribution in [0, 0.1) is 0 Å². The minimum atomic E-state index is -0.108. The molecule has 0 radical (unpaired) electrons. The summed E-state index contributed by atoms with van der Waals surface area (Å²) in [5.74, 6) is 0.347. The van der Waals surface area contributed by atoms with E-state index in [9.17, 15) is 9.59 Å². The molecule has 4 rings (SSSR count). The molecule has 0 fully saturated rings. The summed E-state index contributed by atoms with van der Waals surface area (Å²) in [6.45, 7) is 1.97. The number of aryl methyl sites for hydroxylation is 1. The summed E-state index contributed by atoms with van der Waals surface area (Å²) in [6.07, 6.45) is 1.57. The van der Waals surface area contributed by atoms with Crippen molar-refractivity contribution in [3.8, 4) is 5.75 Å². The third-order valence-electron chi connectivity index (χ3n) is 5.51. The number of hydrogen-bond donors (Lipinski definition) is 2. The van der Waals surface area contributed by atoms with Crippen LogP contribution in [-0.2, 0) is 16.6 Å². The average molecular weight is 391 g/mol. The Morgan fingerprint density at radius 2 is 2.07 bits per heavy atom. The van der Waals surface area contributed by atoms with E-state index >= 15 is 0 Å². The first kappa shape index (κ1) is 19.1. The Morgan fingerprint density at radius 1 is 1.28 bits per heavy atom. The van der Waals surface area contributed by atoms with Gasteiger partial charge in [0.2, 0.25) is 11.8 Å². The maximum Gasteiger partial charge on any atom is 0.225 e. The van der Waals surface area contributed by atoms with Crippen LogP contribution in [0.15, 0.2) is 42.5 Å². The fourth-order valence-corrected chi connectivity index (χ4v) is 4.10. The summed E-state index contributed by atoms with van der Waals surface area (Å²) < 4.78 is 7.61. The lowest BCUT2D eigenvalue weighted by molar-refractivity contribution is -0.117. The van der Waals surface area contributed by atoms with Gasteiger partial charge in [0.15, 0.2) is 0 Å². The fraction of sp³-hybridized carbons (Fsp3) is 0.304. The smallest absolute Gasteiger partial charge is 0.225 e. The maximum absolute atomic E-state index is 12.5. The minimum absolute atomic E-state index is 0.0300. The predicted molar refractivity (Wildman–Crippen MR) is 115 cm³/mol. The number of methoxy groups -OCH3 is 1. The quantitative estimate of drug-likeness (QED) is 0.677. The predicted octanol–water partition coefficient (Wildman–Crippen LogP) is 4.40. The zero-order valence-electron chi connectivity index (χ0n) is 16.9. The van der Waals surface area contributed by atoms with E-state index in [2.05, 4.69) is 33.4 Å². The van der Waals surface area contributed by atoms with Gasteiger partial charge < -0.3 is 19.9 Å². The van der Waals surface area contributed by atoms with E-state index in [-0.39, 0.29) is 17.7 Å². The monoisotopic (exact) mass is 391 g/mol. The zero-order valence-corrected chi connectivity index (χ0v) is 16.9. The molecule has 2 heterocycles. The molecule has 0 saturated heterocycles. The number of benzene rings is 2. The highest BCUT2D eigenvalue weighted by molar-refractivity contribution is 5.98. The Kier molecular flexibility index (Phi) is 5.01. The number of hydrogen-bond acceptors (Lipinski definition) is 3. The molecule has 29 heavy (non-hydrogen) atoms. The molecule has 1 atom stereocenters. The second-order valence-electron chi connectivity index (χ2n) is 7.43. The normalized spacial score (nSPS) is 15.7. The number of carbonyl (C=O) groups is 2. The summed E-state index contributed by atoms with van der Waals surface area (Å²) in [5.41, 5.74) is 4.52. The molecule has 0 spiro atoms. The summed E-state index contributed by atoms with van der Waals surface area (Å²) in [4.78, 5) is 24.6. The third-order valence-corrected chi connectivity index (χ3v) is 5.51. The summed E-state index contributed by atoms with van der Waals surface area (Å²) in [7, 11) is 3.58. The van der Waals surface area contributed by atoms with Gasteiger partial charge in [0.1, 0.15) is 5.75 Å². The molecule has 6 heteroatoms. The van der Waals surface area contributed by atoms with Gasteiger partial charge in [0, 0.05) is 48.8 Å². The molecule has 6 nitrogen and oxygen atoms in total. The number of para-hydroxylation sites is 1. The number of nitrogens with one attached hydrogen (secondary N) is 2. The first-order valence-electron chi connectivity index (χ1n) is 9.87. The van der Waals surface area contributed by atoms with Crippen molar-refractivity contribution in [3.05, 3.63) is 53.7 Å². The van der Waals surface area contributed by atoms with Crippen LogP contribution in [0.5, 0.6) is 5.75 Å². The molecule has 3 aromatic rings. The average Bonchev–Trinajstić information content (AvgIpc) is 3.04. The van der Waals surface area contributed by atoms with Crippen LogP contribution in [0.4, 0.5) is 11.4 Å². The molecule has 1 aliphatic heterocycles. The number of rotatable bonds is 5. The van der Waals surface area contributed by atoms with E-state index in [1.165, 1.54) is 0 Å². The Balaban J connectivity index is 1.83. The van der Waals surface area contributed by atoms with Crippen LogP contribution < -0.4 is 15.4 Å². The molecule has 150 valence electrons. The van der Waals surface area contributed by atoms with E-state index in [4.69, 9.17) is 4.74 Å². The van der Waals surface area contributed by atoms with E-state index < -0.39 is 0 Å². The molecule has 1 aromatic heterocycles. The molecular weight excluding hydrogens is 366 g/mol. The highest BCUT2D eigenvalue weighted by Gasteiger charge is 2.30. The highest BCUT2D eigenvalue weighted by atomic mass is 16.5. The number of nitrogens with zero attached hydrogens (tertiary/aromatic N) is 1. The van der Waals surface area contributed by atoms with Crippen molar-refractivity contribution in [1.82, 2.24) is 4.57 Å². The van der Waals surface area contributed by atoms with E-state index in [1.807, 2.05) is 32.2 Å². The summed E-state index contributed by atoms with van der Waals surface area (Å²) >= 11 is 0. The van der Waals surface area contributed by atoms with Crippen molar-refractivity contribution in [3.63, 3.8) is 0 Å². The van der Waals surface area contributed by atoms with Gasteiger partial charge >= 0.3 is 0 Å². The molecule has 0 aliphatic carbocycles. The fourth-order valence-electron chi connectivity index (χ4n) is 4.10. The standard InChI is InChI=1S/C23H25N3O3/c1-4-7-22(27)25-18-11-15-16(12-23(28)24-17(15)13-21(18)29-3)20-10-14-8-5-6-9-19(14)26(20)2/h5-6,8-11,13,16H,4,7,12H2,1-3H3,(H,24,28)(H,25,27). The van der Waals surface area contributed by atoms with Crippen LogP contribution in [0.2, 0.25) is 0 Å². The van der Waals surface area contributed by atoms with Crippen molar-refractivity contribution < 1.29 is 14.3 Å². The van der Waals surface area contributed by atoms with Gasteiger partial charge in [0.25, 0.3) is 0 Å². The Bertz CT molecular complexity index is 1100. The lowest BCUT2D eigenvalue weighted by atomic mass is 9.87. The van der Waals surface area contributed by atoms with Crippen LogP contribution in [-0.4, -0.2) is 23.5 Å². The van der Waals surface area contributed by atoms with Crippen molar-refractivity contribution in [1.29, 1.82) is 0 Å². The van der Waals surface area contributed by atoms with E-state index in [0.29, 0.717) is 24.3 Å². The number of carbonyl (C=O) groups excluding carboxylic acids is 2. The zero-order chi connectivity index (χ0) is 20.5. The van der Waals surface area contributed by atoms with E-state index in [1.54, 1.807) is 13.2 Å². The molecule has 1 unspecified atom stereocenters. The number of anilines is 2. The minimum Gasteiger partial charge on any atom is -0.494 e. The lowest BCUT2D eigenvalue weighted by Gasteiger charge is -2.28. The molecular formula is C23H25N3O3. The number of ether oxygens (including phenoxy) is 1. The maximum atomic E-state index is 12.5. The van der Waals surface area contributed by atoms with Gasteiger partial charge in [-0.2, -0.15) is 0 Å². The number of fused-ring (bicyclic) bond motifs is 2. The van der Waals surface area contributed by atoms with Gasteiger partial charge in [-0.15, -0.1) is 0 Å². The molecule has 2 N–H and O–H groups in total. The second kappa shape index (κ2) is 7.62. The Morgan fingerprint density at radius 3 is 2.79 bits per heavy atom. The largest absolute Gasteiger partial charge is 0.494 e. The number of amides is 2. The third kappa shape index (κ3) is 3.46. The molecule has 1 aliphatic rings. The van der Waals surface area contributed by atoms with Gasteiger partial charge in [-0.05, 0) is 35.6 Å². The molecule has 0 saturated carbocycles. The molecule has 2 amide bonds. The van der Waals surface area contributed by atoms with Crippen molar-refractivity contribution in [2.75, 3.05) is 17.7 Å². The number of aromatic nitrogens is 1. The van der Waals surface area contributed by atoms with Crippen LogP contribution in [0.25, 0.3) is 10.9 Å². The van der Waals surface area contributed by atoms with Crippen LogP contribution in [0.3, 0.4) is 0 Å². The van der Waals surface area contributed by atoms with Crippen molar-refractivity contribution in [2.45, 2.75) is 32.1 Å². The first-order chi connectivity index (χ1) is 14.0. The van der Waals surface area contributed by atoms with Gasteiger partial charge in [-0.1, -0.05) is 25.1 Å². The van der Waals surface area contributed by atoms with Crippen LogP contribution in [0.1, 0.15) is 43.4 Å². The van der Waals surface area contributed by atoms with E-state index in [0.717, 1.165) is 34.3 Å². The second-order valence-corrected chi connectivity index (χ2v) is 7.43. The Hall–Kier alpha value is -3.28. The van der Waals surface area contributed by atoms with Gasteiger partial charge in [-0.3, -0.25) is 9.59 Å². The lowest BCUT2D eigenvalue weighted by Crippen LogP contribution is -2.25. The van der Waals surface area contributed by atoms with Gasteiger partial charge in [0.05, 0.1) is 12.8 Å². The van der Waals surface area contributed by atoms with Crippen LogP contribution >= 0.6 is 0 Å². The SMILES string of the molecule is CCCC(=O)Nc1cc2c(cc1OC)NC(=O)CC2c1cc2ccccc2n1C. The van der Waals surface area contributed by atoms with Gasteiger partial charge in [-0.25, -0.2) is 0 Å². The van der Waals surface area contributed by atoms with Crippen molar-refractivity contribution in [2.24, 2.45) is 7.05 Å². The van der Waals surface area contributed by atoms with Crippen molar-refractivity contribution >= 4 is 34.1 Å². The first-order valence-corrected chi connectivity index (χ1v) is 9.87. The molecule has 2 aromatic carbocycles. The topological polar surface area (TPSA) is 72.4 Å². The molecule has 0 bridgehead atoms. The summed E-state index contributed by atoms with van der Waals surface area (Å²) in [5, 5.41) is 7.05.